The van der Waals surface area contributed by atoms with Crippen LogP contribution in [0.3, 0.4) is 0 Å². The van der Waals surface area contributed by atoms with E-state index in [-0.39, 0.29) is 11.9 Å². The molecule has 0 aliphatic carbocycles. The van der Waals surface area contributed by atoms with E-state index in [2.05, 4.69) is 11.9 Å². The lowest BCUT2D eigenvalue weighted by atomic mass is 10.2. The van der Waals surface area contributed by atoms with Gasteiger partial charge in [-0.3, -0.25) is 4.79 Å². The molecule has 1 aliphatic rings. The Morgan fingerprint density at radius 1 is 1.88 bits per heavy atom. The molecule has 1 rings (SSSR count). The standard InChI is InChI=1S/C6H9NO/c1-2-5-3-4-6(8)7-5/h2,5H,1,3-4H2,(H,7,8)/i1+2. The van der Waals surface area contributed by atoms with Crippen LogP contribution in [0.2, 0.25) is 0 Å². The third-order valence-corrected chi connectivity index (χ3v) is 1.31. The molecule has 0 aromatic heterocycles. The molecule has 8 heavy (non-hydrogen) atoms. The lowest BCUT2D eigenvalue weighted by Crippen LogP contribution is -2.22. The Morgan fingerprint density at radius 2 is 2.62 bits per heavy atom. The molecule has 1 saturated heterocycles. The van der Waals surface area contributed by atoms with Crippen LogP contribution >= 0.6 is 0 Å². The molecule has 2 heteroatoms. The highest BCUT2D eigenvalue weighted by molar-refractivity contribution is 5.78. The number of carbonyl (C=O) groups is 1. The third-order valence-electron chi connectivity index (χ3n) is 1.31. The number of rotatable bonds is 1. The Kier molecular flexibility index (Phi) is 1.33. The molecule has 1 N–H and O–H groups in total. The maximum absolute atomic E-state index is 10.5. The second-order valence-electron chi connectivity index (χ2n) is 1.95. The van der Waals surface area contributed by atoms with Crippen LogP contribution in [0.5, 0.6) is 0 Å². The van der Waals surface area contributed by atoms with Crippen LogP contribution in [0.25, 0.3) is 0 Å². The molecular weight excluding hydrogens is 104 g/mol. The normalized spacial score (nSPS) is 27.5. The zero-order valence-electron chi connectivity index (χ0n) is 4.68. The molecule has 0 radical (unpaired) electrons. The van der Waals surface area contributed by atoms with Crippen molar-refractivity contribution in [1.82, 2.24) is 5.32 Å². The van der Waals surface area contributed by atoms with Crippen LogP contribution in [0.15, 0.2) is 12.7 Å². The summed E-state index contributed by atoms with van der Waals surface area (Å²) in [6.45, 7) is 3.56. The van der Waals surface area contributed by atoms with E-state index in [9.17, 15) is 4.79 Å². The van der Waals surface area contributed by atoms with E-state index in [4.69, 9.17) is 0 Å². The largest absolute Gasteiger partial charge is 0.350 e. The maximum Gasteiger partial charge on any atom is 0.220 e. The quantitative estimate of drug-likeness (QED) is 0.491. The summed E-state index contributed by atoms with van der Waals surface area (Å²) in [5.74, 6) is 0.148. The molecule has 0 bridgehead atoms. The fourth-order valence-corrected chi connectivity index (χ4v) is 0.814. The highest BCUT2D eigenvalue weighted by Crippen LogP contribution is 2.05. The van der Waals surface area contributed by atoms with Crippen molar-refractivity contribution >= 4 is 5.91 Å². The topological polar surface area (TPSA) is 29.1 Å². The van der Waals surface area contributed by atoms with Crippen molar-refractivity contribution in [2.24, 2.45) is 0 Å². The molecule has 1 heterocycles. The summed E-state index contributed by atoms with van der Waals surface area (Å²) in [6.07, 6.45) is 3.35. The first-order valence-corrected chi connectivity index (χ1v) is 2.75. The van der Waals surface area contributed by atoms with E-state index < -0.39 is 0 Å². The molecule has 0 aromatic rings. The fourth-order valence-electron chi connectivity index (χ4n) is 0.814. The lowest BCUT2D eigenvalue weighted by molar-refractivity contribution is -0.119. The van der Waals surface area contributed by atoms with Crippen molar-refractivity contribution in [1.29, 1.82) is 0 Å². The summed E-state index contributed by atoms with van der Waals surface area (Å²) >= 11 is 0. The first kappa shape index (κ1) is 5.35. The highest BCUT2D eigenvalue weighted by atomic mass is 16.1. The molecule has 2 nitrogen and oxygen atoms in total. The van der Waals surface area contributed by atoms with Gasteiger partial charge >= 0.3 is 0 Å². The summed E-state index contributed by atoms with van der Waals surface area (Å²) < 4.78 is 0. The van der Waals surface area contributed by atoms with Gasteiger partial charge in [0, 0.05) is 12.5 Å². The molecule has 0 spiro atoms. The summed E-state index contributed by atoms with van der Waals surface area (Å²) in [5, 5.41) is 2.75. The van der Waals surface area contributed by atoms with Gasteiger partial charge in [-0.05, 0) is 6.42 Å². The monoisotopic (exact) mass is 113 g/mol. The van der Waals surface area contributed by atoms with E-state index in [0.29, 0.717) is 6.42 Å². The SMILES string of the molecule is [14CH2]=CC1CCC(=O)N1. The summed E-state index contributed by atoms with van der Waals surface area (Å²) in [7, 11) is 0. The zero-order valence-corrected chi connectivity index (χ0v) is 4.68. The van der Waals surface area contributed by atoms with Gasteiger partial charge in [0.2, 0.25) is 5.91 Å². The van der Waals surface area contributed by atoms with Gasteiger partial charge in [-0.25, -0.2) is 0 Å². The van der Waals surface area contributed by atoms with E-state index in [1.165, 1.54) is 0 Å². The van der Waals surface area contributed by atoms with Crippen LogP contribution in [0, 0.1) is 0 Å². The minimum Gasteiger partial charge on any atom is -0.350 e. The smallest absolute Gasteiger partial charge is 0.220 e. The minimum absolute atomic E-state index is 0.148. The first-order chi connectivity index (χ1) is 3.83. The van der Waals surface area contributed by atoms with Crippen molar-refractivity contribution in [3.8, 4) is 0 Å². The van der Waals surface area contributed by atoms with Gasteiger partial charge < -0.3 is 5.32 Å². The van der Waals surface area contributed by atoms with E-state index in [1.54, 1.807) is 6.08 Å². The molecule has 1 unspecified atom stereocenters. The maximum atomic E-state index is 10.5. The lowest BCUT2D eigenvalue weighted by Gasteiger charge is -1.98. The van der Waals surface area contributed by atoms with E-state index >= 15 is 0 Å². The van der Waals surface area contributed by atoms with Crippen molar-refractivity contribution < 1.29 is 4.79 Å². The van der Waals surface area contributed by atoms with Crippen molar-refractivity contribution in [2.45, 2.75) is 18.9 Å². The van der Waals surface area contributed by atoms with E-state index in [1.807, 2.05) is 0 Å². The Hall–Kier alpha value is -0.790. The molecule has 1 atom stereocenters. The summed E-state index contributed by atoms with van der Waals surface area (Å²) in [4.78, 5) is 10.5. The van der Waals surface area contributed by atoms with Crippen molar-refractivity contribution in [3.63, 3.8) is 0 Å². The molecule has 44 valence electrons. The van der Waals surface area contributed by atoms with Gasteiger partial charge in [-0.2, -0.15) is 0 Å². The predicted molar refractivity (Wildman–Crippen MR) is 31.4 cm³/mol. The van der Waals surface area contributed by atoms with Gasteiger partial charge in [-0.1, -0.05) is 6.08 Å². The molecular formula is C6H9NO. The zero-order chi connectivity index (χ0) is 5.98. The highest BCUT2D eigenvalue weighted by Gasteiger charge is 2.16. The van der Waals surface area contributed by atoms with Crippen LogP contribution in [-0.4, -0.2) is 11.9 Å². The fraction of sp³-hybridized carbons (Fsp3) is 0.500. The number of nitrogens with one attached hydrogen (secondary N) is 1. The van der Waals surface area contributed by atoms with Gasteiger partial charge in [-0.15, -0.1) is 6.58 Å². The van der Waals surface area contributed by atoms with Crippen molar-refractivity contribution in [2.75, 3.05) is 0 Å². The Balaban J connectivity index is 2.43. The molecule has 0 saturated carbocycles. The third kappa shape index (κ3) is 0.886. The average Bonchev–Trinajstić information content (AvgIpc) is 2.14. The Morgan fingerprint density at radius 3 is 2.88 bits per heavy atom. The number of hydrogen-bond donors (Lipinski definition) is 1. The summed E-state index contributed by atoms with van der Waals surface area (Å²) in [6, 6.07) is 0.238. The van der Waals surface area contributed by atoms with Gasteiger partial charge in [0.15, 0.2) is 0 Å². The van der Waals surface area contributed by atoms with Crippen LogP contribution in [0.4, 0.5) is 0 Å². The number of hydrogen-bond acceptors (Lipinski definition) is 1. The number of carbonyl (C=O) groups excluding carboxylic acids is 1. The van der Waals surface area contributed by atoms with Gasteiger partial charge in [0.1, 0.15) is 0 Å². The van der Waals surface area contributed by atoms with E-state index in [0.717, 1.165) is 6.42 Å². The minimum atomic E-state index is 0.148. The average molecular weight is 113 g/mol. The second kappa shape index (κ2) is 1.99. The Bertz CT molecular complexity index is 120. The van der Waals surface area contributed by atoms with Crippen LogP contribution < -0.4 is 5.32 Å². The Labute approximate surface area is 48.6 Å². The molecule has 1 fully saturated rings. The molecule has 1 aliphatic heterocycles. The van der Waals surface area contributed by atoms with Crippen LogP contribution in [0.1, 0.15) is 12.8 Å². The van der Waals surface area contributed by atoms with Crippen molar-refractivity contribution in [3.05, 3.63) is 12.7 Å². The van der Waals surface area contributed by atoms with Gasteiger partial charge in [0.05, 0.1) is 0 Å². The predicted octanol–water partition coefficient (Wildman–Crippen LogP) is 0.451. The summed E-state index contributed by atoms with van der Waals surface area (Å²) in [5.41, 5.74) is 0. The molecule has 1 amide bonds. The number of amides is 1. The first-order valence-electron chi connectivity index (χ1n) is 2.75. The van der Waals surface area contributed by atoms with Crippen LogP contribution in [-0.2, 0) is 4.79 Å². The van der Waals surface area contributed by atoms with Gasteiger partial charge in [0.25, 0.3) is 0 Å². The molecule has 0 aromatic carbocycles. The second-order valence-corrected chi connectivity index (χ2v) is 1.95.